The number of carbonyl (C=O) groups excluding carboxylic acids is 2. The molecule has 5 heteroatoms. The van der Waals surface area contributed by atoms with Gasteiger partial charge >= 0.3 is 0 Å². The lowest BCUT2D eigenvalue weighted by Gasteiger charge is -2.38. The molecule has 2 amide bonds. The minimum Gasteiger partial charge on any atom is -0.361 e. The van der Waals surface area contributed by atoms with E-state index >= 15 is 0 Å². The molecule has 4 rings (SSSR count). The van der Waals surface area contributed by atoms with Crippen LogP contribution >= 0.6 is 0 Å². The van der Waals surface area contributed by atoms with E-state index in [0.717, 1.165) is 17.5 Å². The number of likely N-dealkylation sites (tertiary alicyclic amines) is 1. The highest BCUT2D eigenvalue weighted by atomic mass is 16.5. The lowest BCUT2D eigenvalue weighted by molar-refractivity contribution is -0.159. The number of hydrogen-bond donors (Lipinski definition) is 0. The van der Waals surface area contributed by atoms with E-state index in [-0.39, 0.29) is 24.3 Å². The molecular formula is C23H26N2O3. The largest absolute Gasteiger partial charge is 0.361 e. The van der Waals surface area contributed by atoms with Gasteiger partial charge in [0.05, 0.1) is 13.1 Å². The first-order valence-electron chi connectivity index (χ1n) is 9.82. The third-order valence-corrected chi connectivity index (χ3v) is 5.90. The van der Waals surface area contributed by atoms with Crippen LogP contribution in [-0.4, -0.2) is 60.5 Å². The van der Waals surface area contributed by atoms with Gasteiger partial charge in [-0.05, 0) is 17.5 Å². The number of amides is 2. The molecule has 0 saturated carbocycles. The van der Waals surface area contributed by atoms with Crippen molar-refractivity contribution >= 4 is 11.8 Å². The van der Waals surface area contributed by atoms with Crippen molar-refractivity contribution in [1.82, 2.24) is 9.80 Å². The Morgan fingerprint density at radius 3 is 2.21 bits per heavy atom. The molecule has 0 bridgehead atoms. The highest BCUT2D eigenvalue weighted by molar-refractivity contribution is 5.79. The van der Waals surface area contributed by atoms with E-state index in [0.29, 0.717) is 26.1 Å². The zero-order valence-electron chi connectivity index (χ0n) is 16.2. The summed E-state index contributed by atoms with van der Waals surface area (Å²) in [5.74, 6) is 0.171. The van der Waals surface area contributed by atoms with E-state index in [1.165, 1.54) is 0 Å². The van der Waals surface area contributed by atoms with E-state index in [1.54, 1.807) is 11.9 Å². The van der Waals surface area contributed by atoms with Crippen LogP contribution in [0.1, 0.15) is 29.9 Å². The van der Waals surface area contributed by atoms with Gasteiger partial charge in [-0.15, -0.1) is 0 Å². The zero-order chi connectivity index (χ0) is 19.6. The standard InChI is InChI=1S/C23H26N2O3/c1-24-16-23(28-15-22(24)27)12-13-25(17-23)21(26)14-20(18-8-4-2-5-9-18)19-10-6-3-7-11-19/h2-11,20H,12-17H2,1H3/t23-/m1/s1. The SMILES string of the molecule is CN1C[C@@]2(CCN(C(=O)CC(c3ccccc3)c3ccccc3)C2)OCC1=O. The smallest absolute Gasteiger partial charge is 0.248 e. The summed E-state index contributed by atoms with van der Waals surface area (Å²) in [5, 5.41) is 0. The van der Waals surface area contributed by atoms with Crippen molar-refractivity contribution < 1.29 is 14.3 Å². The van der Waals surface area contributed by atoms with Crippen LogP contribution in [0.15, 0.2) is 60.7 Å². The molecule has 2 aromatic rings. The highest BCUT2D eigenvalue weighted by Gasteiger charge is 2.45. The van der Waals surface area contributed by atoms with Gasteiger partial charge in [0.2, 0.25) is 11.8 Å². The number of nitrogens with zero attached hydrogens (tertiary/aromatic N) is 2. The van der Waals surface area contributed by atoms with Crippen molar-refractivity contribution in [3.63, 3.8) is 0 Å². The number of likely N-dealkylation sites (N-methyl/N-ethyl adjacent to an activating group) is 1. The maximum Gasteiger partial charge on any atom is 0.248 e. The molecule has 2 heterocycles. The fourth-order valence-electron chi connectivity index (χ4n) is 4.30. The molecule has 0 aliphatic carbocycles. The third kappa shape index (κ3) is 3.80. The van der Waals surface area contributed by atoms with Crippen molar-refractivity contribution in [3.8, 4) is 0 Å². The average Bonchev–Trinajstić information content (AvgIpc) is 3.14. The fraction of sp³-hybridized carbons (Fsp3) is 0.391. The van der Waals surface area contributed by atoms with Crippen LogP contribution < -0.4 is 0 Å². The molecule has 2 aliphatic heterocycles. The first-order chi connectivity index (χ1) is 13.6. The Morgan fingerprint density at radius 1 is 1.04 bits per heavy atom. The average molecular weight is 378 g/mol. The summed E-state index contributed by atoms with van der Waals surface area (Å²) in [5.41, 5.74) is 1.89. The fourth-order valence-corrected chi connectivity index (χ4v) is 4.30. The van der Waals surface area contributed by atoms with Gasteiger partial charge in [-0.25, -0.2) is 0 Å². The summed E-state index contributed by atoms with van der Waals surface area (Å²) in [6.07, 6.45) is 1.20. The molecular weight excluding hydrogens is 352 g/mol. The molecule has 5 nitrogen and oxygen atoms in total. The molecule has 0 radical (unpaired) electrons. The van der Waals surface area contributed by atoms with E-state index in [1.807, 2.05) is 41.3 Å². The Kier molecular flexibility index (Phi) is 5.18. The van der Waals surface area contributed by atoms with Crippen LogP contribution in [0.25, 0.3) is 0 Å². The van der Waals surface area contributed by atoms with Gasteiger partial charge < -0.3 is 14.5 Å². The lowest BCUT2D eigenvalue weighted by Crippen LogP contribution is -2.54. The molecule has 28 heavy (non-hydrogen) atoms. The molecule has 2 aromatic carbocycles. The summed E-state index contributed by atoms with van der Waals surface area (Å²) >= 11 is 0. The van der Waals surface area contributed by atoms with Gasteiger partial charge in [-0.1, -0.05) is 60.7 Å². The summed E-state index contributed by atoms with van der Waals surface area (Å²) in [4.78, 5) is 28.5. The minimum absolute atomic E-state index is 0.00335. The monoisotopic (exact) mass is 378 g/mol. The maximum absolute atomic E-state index is 13.2. The Balaban J connectivity index is 1.49. The van der Waals surface area contributed by atoms with Crippen LogP contribution in [0.3, 0.4) is 0 Å². The summed E-state index contributed by atoms with van der Waals surface area (Å²) < 4.78 is 5.88. The predicted molar refractivity (Wildman–Crippen MR) is 107 cm³/mol. The number of ether oxygens (including phenoxy) is 1. The van der Waals surface area contributed by atoms with E-state index in [4.69, 9.17) is 4.74 Å². The van der Waals surface area contributed by atoms with E-state index in [9.17, 15) is 9.59 Å². The highest BCUT2D eigenvalue weighted by Crippen LogP contribution is 2.33. The quantitative estimate of drug-likeness (QED) is 0.822. The van der Waals surface area contributed by atoms with E-state index < -0.39 is 5.60 Å². The van der Waals surface area contributed by atoms with Gasteiger partial charge in [-0.2, -0.15) is 0 Å². The third-order valence-electron chi connectivity index (χ3n) is 5.90. The first kappa shape index (κ1) is 18.7. The molecule has 1 spiro atoms. The Morgan fingerprint density at radius 2 is 1.64 bits per heavy atom. The number of hydrogen-bond acceptors (Lipinski definition) is 3. The normalized spacial score (nSPS) is 22.3. The topological polar surface area (TPSA) is 49.9 Å². The second-order valence-corrected chi connectivity index (χ2v) is 7.86. The molecule has 0 aromatic heterocycles. The predicted octanol–water partition coefficient (Wildman–Crippen LogP) is 2.67. The molecule has 0 unspecified atom stereocenters. The van der Waals surface area contributed by atoms with Crippen LogP contribution in [0.4, 0.5) is 0 Å². The minimum atomic E-state index is -0.409. The molecule has 2 fully saturated rings. The van der Waals surface area contributed by atoms with Crippen molar-refractivity contribution in [3.05, 3.63) is 71.8 Å². The first-order valence-corrected chi connectivity index (χ1v) is 9.82. The summed E-state index contributed by atoms with van der Waals surface area (Å²) in [6, 6.07) is 20.4. The summed E-state index contributed by atoms with van der Waals surface area (Å²) in [7, 11) is 1.80. The van der Waals surface area contributed by atoms with Crippen LogP contribution in [0, 0.1) is 0 Å². The van der Waals surface area contributed by atoms with Gasteiger partial charge in [0, 0.05) is 25.9 Å². The molecule has 2 saturated heterocycles. The van der Waals surface area contributed by atoms with Crippen molar-refractivity contribution in [1.29, 1.82) is 0 Å². The van der Waals surface area contributed by atoms with Crippen LogP contribution in [0.2, 0.25) is 0 Å². The van der Waals surface area contributed by atoms with Gasteiger partial charge in [0.15, 0.2) is 0 Å². The zero-order valence-corrected chi connectivity index (χ0v) is 16.2. The van der Waals surface area contributed by atoms with Crippen molar-refractivity contribution in [2.45, 2.75) is 24.4 Å². The molecule has 1 atom stereocenters. The Bertz CT molecular complexity index is 800. The summed E-state index contributed by atoms with van der Waals surface area (Å²) in [6.45, 7) is 1.89. The van der Waals surface area contributed by atoms with Gasteiger partial charge in [0.1, 0.15) is 12.2 Å². The second-order valence-electron chi connectivity index (χ2n) is 7.86. The number of carbonyl (C=O) groups is 2. The second kappa shape index (κ2) is 7.76. The van der Waals surface area contributed by atoms with Gasteiger partial charge in [-0.3, -0.25) is 9.59 Å². The van der Waals surface area contributed by atoms with Crippen molar-refractivity contribution in [2.75, 3.05) is 33.3 Å². The van der Waals surface area contributed by atoms with E-state index in [2.05, 4.69) is 24.3 Å². The molecule has 2 aliphatic rings. The van der Waals surface area contributed by atoms with Crippen molar-refractivity contribution in [2.24, 2.45) is 0 Å². The lowest BCUT2D eigenvalue weighted by atomic mass is 9.88. The Labute approximate surface area is 165 Å². The maximum atomic E-state index is 13.2. The van der Waals surface area contributed by atoms with Crippen LogP contribution in [0.5, 0.6) is 0 Å². The molecule has 0 N–H and O–H groups in total. The number of rotatable bonds is 4. The number of morpholine rings is 1. The van der Waals surface area contributed by atoms with Gasteiger partial charge in [0.25, 0.3) is 0 Å². The molecule has 146 valence electrons. The number of benzene rings is 2. The van der Waals surface area contributed by atoms with Crippen LogP contribution in [-0.2, 0) is 14.3 Å². The Hall–Kier alpha value is -2.66.